The van der Waals surface area contributed by atoms with Crippen LogP contribution in [0.4, 0.5) is 5.69 Å². The van der Waals surface area contributed by atoms with Gasteiger partial charge in [-0.2, -0.15) is 0 Å². The third-order valence-corrected chi connectivity index (χ3v) is 6.27. The van der Waals surface area contributed by atoms with Crippen LogP contribution in [0.25, 0.3) is 0 Å². The van der Waals surface area contributed by atoms with Gasteiger partial charge in [-0.05, 0) is 43.3 Å². The number of nitrogens with zero attached hydrogens (tertiary/aromatic N) is 2. The van der Waals surface area contributed by atoms with Crippen LogP contribution in [0.3, 0.4) is 0 Å². The van der Waals surface area contributed by atoms with Crippen LogP contribution in [0.15, 0.2) is 64.5 Å². The van der Waals surface area contributed by atoms with Gasteiger partial charge in [0.25, 0.3) is 0 Å². The maximum absolute atomic E-state index is 11.8. The average molecular weight is 529 g/mol. The van der Waals surface area contributed by atoms with E-state index in [0.29, 0.717) is 12.6 Å². The number of hydrogen-bond donors (Lipinski definition) is 3. The SMILES string of the molecule is CN=C(NCc1ccc(S(=O)(=O)NC)cc1)NC1CCN(c2ccccc2)C1.I. The van der Waals surface area contributed by atoms with E-state index in [1.165, 1.54) is 12.7 Å². The number of hydrogen-bond acceptors (Lipinski definition) is 4. The third-order valence-electron chi connectivity index (χ3n) is 4.84. The lowest BCUT2D eigenvalue weighted by molar-refractivity contribution is 0.588. The molecular weight excluding hydrogens is 501 g/mol. The van der Waals surface area contributed by atoms with Crippen molar-refractivity contribution in [2.75, 3.05) is 32.1 Å². The molecular formula is C20H28IN5O2S. The summed E-state index contributed by atoms with van der Waals surface area (Å²) in [5.74, 6) is 0.742. The molecule has 158 valence electrons. The van der Waals surface area contributed by atoms with Gasteiger partial charge >= 0.3 is 0 Å². The van der Waals surface area contributed by atoms with E-state index in [4.69, 9.17) is 0 Å². The van der Waals surface area contributed by atoms with Crippen LogP contribution >= 0.6 is 24.0 Å². The molecule has 1 unspecified atom stereocenters. The van der Waals surface area contributed by atoms with E-state index in [2.05, 4.69) is 49.5 Å². The predicted octanol–water partition coefficient (Wildman–Crippen LogP) is 2.16. The van der Waals surface area contributed by atoms with Crippen LogP contribution < -0.4 is 20.3 Å². The smallest absolute Gasteiger partial charge is 0.240 e. The number of aliphatic imine (C=N–C) groups is 1. The molecule has 2 aromatic rings. The molecule has 0 spiro atoms. The van der Waals surface area contributed by atoms with Crippen molar-refractivity contribution in [1.82, 2.24) is 15.4 Å². The monoisotopic (exact) mass is 529 g/mol. The molecule has 0 aliphatic carbocycles. The second-order valence-corrected chi connectivity index (χ2v) is 8.58. The molecule has 3 N–H and O–H groups in total. The summed E-state index contributed by atoms with van der Waals surface area (Å²) in [6, 6.07) is 17.6. The minimum Gasteiger partial charge on any atom is -0.369 e. The lowest BCUT2D eigenvalue weighted by Gasteiger charge is -2.20. The Morgan fingerprint density at radius 2 is 1.83 bits per heavy atom. The Bertz CT molecular complexity index is 904. The van der Waals surface area contributed by atoms with Gasteiger partial charge in [0, 0.05) is 38.4 Å². The maximum atomic E-state index is 11.8. The molecule has 0 aromatic heterocycles. The zero-order valence-corrected chi connectivity index (χ0v) is 19.8. The average Bonchev–Trinajstić information content (AvgIpc) is 3.20. The molecule has 1 aliphatic rings. The summed E-state index contributed by atoms with van der Waals surface area (Å²) in [6.07, 6.45) is 1.05. The summed E-state index contributed by atoms with van der Waals surface area (Å²) in [5, 5.41) is 6.77. The van der Waals surface area contributed by atoms with Crippen LogP contribution in [-0.2, 0) is 16.6 Å². The first-order valence-electron chi connectivity index (χ1n) is 9.31. The summed E-state index contributed by atoms with van der Waals surface area (Å²) in [6.45, 7) is 2.51. The summed E-state index contributed by atoms with van der Waals surface area (Å²) < 4.78 is 25.9. The van der Waals surface area contributed by atoms with E-state index < -0.39 is 10.0 Å². The van der Waals surface area contributed by atoms with Crippen LogP contribution in [-0.4, -0.2) is 47.6 Å². The van der Waals surface area contributed by atoms with Crippen molar-refractivity contribution >= 4 is 45.6 Å². The fourth-order valence-electron chi connectivity index (χ4n) is 3.23. The van der Waals surface area contributed by atoms with Gasteiger partial charge in [-0.3, -0.25) is 4.99 Å². The summed E-state index contributed by atoms with van der Waals surface area (Å²) in [7, 11) is -0.249. The Balaban J connectivity index is 0.00000300. The standard InChI is InChI=1S/C20H27N5O2S.HI/c1-21-20(23-14-16-8-10-19(11-9-16)28(26,27)22-2)24-17-12-13-25(15-17)18-6-4-3-5-7-18;/h3-11,17,22H,12-15H2,1-2H3,(H2,21,23,24);1H. The van der Waals surface area contributed by atoms with Gasteiger partial charge in [-0.25, -0.2) is 13.1 Å². The number of guanidine groups is 1. The minimum atomic E-state index is -3.41. The van der Waals surface area contributed by atoms with Crippen LogP contribution in [0.5, 0.6) is 0 Å². The maximum Gasteiger partial charge on any atom is 0.240 e. The number of rotatable bonds is 6. The highest BCUT2D eigenvalue weighted by atomic mass is 127. The summed E-state index contributed by atoms with van der Waals surface area (Å²) >= 11 is 0. The Kier molecular flexibility index (Phi) is 8.72. The van der Waals surface area contributed by atoms with E-state index in [1.54, 1.807) is 31.3 Å². The van der Waals surface area contributed by atoms with Crippen molar-refractivity contribution in [2.24, 2.45) is 4.99 Å². The van der Waals surface area contributed by atoms with Gasteiger partial charge in [-0.15, -0.1) is 24.0 Å². The highest BCUT2D eigenvalue weighted by Gasteiger charge is 2.23. The fraction of sp³-hybridized carbons (Fsp3) is 0.350. The molecule has 0 amide bonds. The van der Waals surface area contributed by atoms with E-state index in [-0.39, 0.29) is 28.9 Å². The molecule has 3 rings (SSSR count). The van der Waals surface area contributed by atoms with E-state index in [9.17, 15) is 8.42 Å². The molecule has 7 nitrogen and oxygen atoms in total. The van der Waals surface area contributed by atoms with Gasteiger partial charge in [-0.1, -0.05) is 30.3 Å². The van der Waals surface area contributed by atoms with Gasteiger partial charge in [0.15, 0.2) is 5.96 Å². The number of nitrogens with one attached hydrogen (secondary N) is 3. The molecule has 1 fully saturated rings. The number of anilines is 1. The number of sulfonamides is 1. The molecule has 0 saturated carbocycles. The molecule has 1 saturated heterocycles. The Morgan fingerprint density at radius 1 is 1.14 bits per heavy atom. The Hall–Kier alpha value is -1.85. The molecule has 1 aliphatic heterocycles. The quantitative estimate of drug-likeness (QED) is 0.304. The first-order valence-corrected chi connectivity index (χ1v) is 10.8. The third kappa shape index (κ3) is 6.31. The molecule has 1 atom stereocenters. The number of benzene rings is 2. The van der Waals surface area contributed by atoms with E-state index in [1.807, 2.05) is 6.07 Å². The second kappa shape index (κ2) is 10.8. The highest BCUT2D eigenvalue weighted by Crippen LogP contribution is 2.19. The predicted molar refractivity (Wildman–Crippen MR) is 128 cm³/mol. The summed E-state index contributed by atoms with van der Waals surface area (Å²) in [4.78, 5) is 6.93. The van der Waals surface area contributed by atoms with Gasteiger partial charge in [0.2, 0.25) is 10.0 Å². The Morgan fingerprint density at radius 3 is 2.45 bits per heavy atom. The largest absolute Gasteiger partial charge is 0.369 e. The zero-order chi connectivity index (χ0) is 20.0. The normalized spacial score (nSPS) is 17.0. The van der Waals surface area contributed by atoms with Crippen LogP contribution in [0.1, 0.15) is 12.0 Å². The van der Waals surface area contributed by atoms with Crippen LogP contribution in [0.2, 0.25) is 0 Å². The van der Waals surface area contributed by atoms with Crippen molar-refractivity contribution in [3.8, 4) is 0 Å². The van der Waals surface area contributed by atoms with Gasteiger partial charge < -0.3 is 15.5 Å². The molecule has 2 aromatic carbocycles. The van der Waals surface area contributed by atoms with Gasteiger partial charge in [0.05, 0.1) is 4.90 Å². The van der Waals surface area contributed by atoms with Crippen molar-refractivity contribution < 1.29 is 8.42 Å². The molecule has 0 radical (unpaired) electrons. The first-order chi connectivity index (χ1) is 13.5. The molecule has 0 bridgehead atoms. The Labute approximate surface area is 190 Å². The molecule has 29 heavy (non-hydrogen) atoms. The van der Waals surface area contributed by atoms with Crippen molar-refractivity contribution in [3.63, 3.8) is 0 Å². The van der Waals surface area contributed by atoms with Gasteiger partial charge in [0.1, 0.15) is 0 Å². The van der Waals surface area contributed by atoms with Crippen LogP contribution in [0, 0.1) is 0 Å². The highest BCUT2D eigenvalue weighted by molar-refractivity contribution is 14.0. The second-order valence-electron chi connectivity index (χ2n) is 6.69. The van der Waals surface area contributed by atoms with Crippen molar-refractivity contribution in [1.29, 1.82) is 0 Å². The number of para-hydroxylation sites is 1. The van der Waals surface area contributed by atoms with Crippen molar-refractivity contribution in [3.05, 3.63) is 60.2 Å². The van der Waals surface area contributed by atoms with E-state index >= 15 is 0 Å². The van der Waals surface area contributed by atoms with E-state index in [0.717, 1.165) is 31.0 Å². The minimum absolute atomic E-state index is 0. The zero-order valence-electron chi connectivity index (χ0n) is 16.6. The molecule has 9 heteroatoms. The number of halogens is 1. The lowest BCUT2D eigenvalue weighted by Crippen LogP contribution is -2.44. The fourth-order valence-corrected chi connectivity index (χ4v) is 3.96. The molecule has 1 heterocycles. The first kappa shape index (κ1) is 23.4. The van der Waals surface area contributed by atoms with Crippen molar-refractivity contribution in [2.45, 2.75) is 23.9 Å². The summed E-state index contributed by atoms with van der Waals surface area (Å²) in [5.41, 5.74) is 2.22. The topological polar surface area (TPSA) is 85.8 Å². The lowest BCUT2D eigenvalue weighted by atomic mass is 10.2.